The third-order valence-electron chi connectivity index (χ3n) is 1.97. The Morgan fingerprint density at radius 2 is 1.60 bits per heavy atom. The van der Waals surface area contributed by atoms with Gasteiger partial charge < -0.3 is 0 Å². The molecular weight excluding hydrogens is 228 g/mol. The van der Waals surface area contributed by atoms with Crippen LogP contribution in [-0.2, 0) is 6.18 Å². The Morgan fingerprint density at radius 1 is 0.933 bits per heavy atom. The van der Waals surface area contributed by atoms with Crippen LogP contribution in [0.3, 0.4) is 0 Å². The van der Waals surface area contributed by atoms with Crippen LogP contribution in [0.1, 0.15) is 5.56 Å². The van der Waals surface area contributed by atoms with Crippen molar-refractivity contribution in [2.75, 3.05) is 0 Å². The minimum Gasteiger partial charge on any atom is -0.168 e. The van der Waals surface area contributed by atoms with Crippen LogP contribution in [-0.4, -0.2) is 0 Å². The van der Waals surface area contributed by atoms with Crippen LogP contribution in [0.2, 0.25) is 0 Å². The van der Waals surface area contributed by atoms with Crippen molar-refractivity contribution in [2.24, 2.45) is 0 Å². The van der Waals surface area contributed by atoms with E-state index in [2.05, 4.69) is 6.07 Å². The maximum Gasteiger partial charge on any atom is 1.00 e. The molecule has 0 saturated carbocycles. The number of rotatable bonds is 0. The fraction of sp³-hybridized carbons (Fsp3) is 0.0909. The summed E-state index contributed by atoms with van der Waals surface area (Å²) in [5, 5.41) is 1.25. The SMILES string of the molecule is FC(F)(F)c1[c-]c2ccccc2cc1.[K+]. The second kappa shape index (κ2) is 4.97. The molecule has 2 aromatic carbocycles. The molecule has 2 aromatic rings. The Balaban J connectivity index is 0.00000112. The van der Waals surface area contributed by atoms with Crippen molar-refractivity contribution in [1.29, 1.82) is 0 Å². The van der Waals surface area contributed by atoms with Gasteiger partial charge in [0, 0.05) is 0 Å². The number of alkyl halides is 3. The predicted octanol–water partition coefficient (Wildman–Crippen LogP) is 0.663. The zero-order valence-electron chi connectivity index (χ0n) is 8.10. The van der Waals surface area contributed by atoms with Crippen molar-refractivity contribution in [3.63, 3.8) is 0 Å². The first-order chi connectivity index (χ1) is 6.57. The molecule has 0 aliphatic heterocycles. The van der Waals surface area contributed by atoms with Gasteiger partial charge in [-0.15, -0.1) is 41.1 Å². The van der Waals surface area contributed by atoms with Gasteiger partial charge in [-0.2, -0.15) is 13.2 Å². The van der Waals surface area contributed by atoms with Crippen molar-refractivity contribution in [2.45, 2.75) is 6.18 Å². The summed E-state index contributed by atoms with van der Waals surface area (Å²) in [6.45, 7) is 0. The first-order valence-corrected chi connectivity index (χ1v) is 4.05. The summed E-state index contributed by atoms with van der Waals surface area (Å²) < 4.78 is 36.9. The Bertz CT molecular complexity index is 463. The number of benzene rings is 2. The third-order valence-corrected chi connectivity index (χ3v) is 1.97. The van der Waals surface area contributed by atoms with E-state index in [-0.39, 0.29) is 51.4 Å². The molecule has 2 rings (SSSR count). The summed E-state index contributed by atoms with van der Waals surface area (Å²) in [7, 11) is 0. The maximum atomic E-state index is 12.3. The van der Waals surface area contributed by atoms with E-state index in [1.807, 2.05) is 0 Å². The number of hydrogen-bond donors (Lipinski definition) is 0. The number of halogens is 3. The van der Waals surface area contributed by atoms with Gasteiger partial charge in [-0.1, -0.05) is 12.1 Å². The molecule has 0 aliphatic rings. The number of hydrogen-bond acceptors (Lipinski definition) is 0. The largest absolute Gasteiger partial charge is 1.00 e. The van der Waals surface area contributed by atoms with Crippen molar-refractivity contribution in [3.05, 3.63) is 48.0 Å². The van der Waals surface area contributed by atoms with Gasteiger partial charge >= 0.3 is 57.6 Å². The first-order valence-electron chi connectivity index (χ1n) is 4.05. The van der Waals surface area contributed by atoms with E-state index in [4.69, 9.17) is 0 Å². The zero-order valence-corrected chi connectivity index (χ0v) is 11.2. The van der Waals surface area contributed by atoms with Crippen LogP contribution in [0.25, 0.3) is 10.8 Å². The van der Waals surface area contributed by atoms with Gasteiger partial charge in [0.25, 0.3) is 0 Å². The van der Waals surface area contributed by atoms with Crippen LogP contribution >= 0.6 is 0 Å². The second-order valence-electron chi connectivity index (χ2n) is 2.96. The Morgan fingerprint density at radius 3 is 2.27 bits per heavy atom. The number of fused-ring (bicyclic) bond motifs is 1. The van der Waals surface area contributed by atoms with Crippen molar-refractivity contribution < 1.29 is 64.6 Å². The minimum absolute atomic E-state index is 0. The molecule has 0 N–H and O–H groups in total. The molecule has 0 aromatic heterocycles. The van der Waals surface area contributed by atoms with Crippen LogP contribution in [0, 0.1) is 6.07 Å². The summed E-state index contributed by atoms with van der Waals surface area (Å²) in [5.74, 6) is 0. The molecule has 0 heterocycles. The fourth-order valence-corrected chi connectivity index (χ4v) is 1.28. The molecule has 0 bridgehead atoms. The second-order valence-corrected chi connectivity index (χ2v) is 2.96. The van der Waals surface area contributed by atoms with E-state index in [0.29, 0.717) is 5.39 Å². The molecule has 0 saturated heterocycles. The van der Waals surface area contributed by atoms with Gasteiger partial charge in [0.1, 0.15) is 0 Å². The molecule has 0 nitrogen and oxygen atoms in total. The van der Waals surface area contributed by atoms with Gasteiger partial charge in [-0.05, 0) is 5.56 Å². The molecule has 0 amide bonds. The topological polar surface area (TPSA) is 0 Å². The molecule has 0 fully saturated rings. The van der Waals surface area contributed by atoms with E-state index >= 15 is 0 Å². The smallest absolute Gasteiger partial charge is 0.168 e. The van der Waals surface area contributed by atoms with Crippen LogP contribution in [0.4, 0.5) is 13.2 Å². The van der Waals surface area contributed by atoms with E-state index in [9.17, 15) is 13.2 Å². The van der Waals surface area contributed by atoms with Crippen molar-refractivity contribution in [3.8, 4) is 0 Å². The average molecular weight is 234 g/mol. The Hall–Kier alpha value is 0.126. The summed E-state index contributed by atoms with van der Waals surface area (Å²) in [6.07, 6.45) is -4.32. The summed E-state index contributed by atoms with van der Waals surface area (Å²) >= 11 is 0. The molecule has 0 unspecified atom stereocenters. The minimum atomic E-state index is -4.32. The quantitative estimate of drug-likeness (QED) is 0.464. The molecular formula is C11H6F3K. The summed E-state index contributed by atoms with van der Waals surface area (Å²) in [6, 6.07) is 11.7. The van der Waals surface area contributed by atoms with E-state index in [1.54, 1.807) is 24.3 Å². The van der Waals surface area contributed by atoms with E-state index < -0.39 is 11.7 Å². The van der Waals surface area contributed by atoms with Crippen molar-refractivity contribution >= 4 is 10.8 Å². The Kier molecular flexibility index (Phi) is 4.37. The normalized spacial score (nSPS) is 11.1. The maximum absolute atomic E-state index is 12.3. The van der Waals surface area contributed by atoms with Crippen LogP contribution in [0.5, 0.6) is 0 Å². The predicted molar refractivity (Wildman–Crippen MR) is 47.8 cm³/mol. The van der Waals surface area contributed by atoms with Crippen LogP contribution in [0.15, 0.2) is 36.4 Å². The standard InChI is InChI=1S/C11H6F3.K/c12-11(13,14)10-6-5-8-3-1-2-4-9(8)7-10;/h1-6H;/q-1;+1. The first kappa shape index (κ1) is 13.2. The molecule has 0 aliphatic carbocycles. The fourth-order valence-electron chi connectivity index (χ4n) is 1.28. The Labute approximate surface area is 128 Å². The van der Waals surface area contributed by atoms with Gasteiger partial charge in [0.15, 0.2) is 0 Å². The van der Waals surface area contributed by atoms with Gasteiger partial charge in [0.2, 0.25) is 0 Å². The van der Waals surface area contributed by atoms with Crippen LogP contribution < -0.4 is 51.4 Å². The average Bonchev–Trinajstić information content (AvgIpc) is 2.16. The van der Waals surface area contributed by atoms with Crippen molar-refractivity contribution in [1.82, 2.24) is 0 Å². The molecule has 72 valence electrons. The molecule has 0 atom stereocenters. The summed E-state index contributed by atoms with van der Waals surface area (Å²) in [4.78, 5) is 0. The van der Waals surface area contributed by atoms with E-state index in [1.165, 1.54) is 6.07 Å². The molecule has 0 radical (unpaired) electrons. The molecule has 4 heteroatoms. The van der Waals surface area contributed by atoms with E-state index in [0.717, 1.165) is 11.5 Å². The van der Waals surface area contributed by atoms with Gasteiger partial charge in [-0.25, -0.2) is 0 Å². The third kappa shape index (κ3) is 3.04. The van der Waals surface area contributed by atoms with Gasteiger partial charge in [0.05, 0.1) is 0 Å². The molecule has 15 heavy (non-hydrogen) atoms. The van der Waals surface area contributed by atoms with Gasteiger partial charge in [-0.3, -0.25) is 0 Å². The summed E-state index contributed by atoms with van der Waals surface area (Å²) in [5.41, 5.74) is -0.726. The molecule has 0 spiro atoms. The monoisotopic (exact) mass is 234 g/mol. The zero-order chi connectivity index (χ0) is 10.2.